The van der Waals surface area contributed by atoms with Crippen molar-refractivity contribution in [2.75, 3.05) is 31.6 Å². The lowest BCUT2D eigenvalue weighted by atomic mass is 9.88. The molecule has 2 heterocycles. The molecule has 0 aliphatic carbocycles. The predicted molar refractivity (Wildman–Crippen MR) is 92.3 cm³/mol. The zero-order valence-electron chi connectivity index (χ0n) is 13.4. The van der Waals surface area contributed by atoms with Crippen molar-refractivity contribution in [1.29, 1.82) is 0 Å². The minimum absolute atomic E-state index is 0. The van der Waals surface area contributed by atoms with Crippen LogP contribution in [0.3, 0.4) is 0 Å². The highest BCUT2D eigenvalue weighted by molar-refractivity contribution is 5.92. The standard InChI is InChI=1S/C17H24N2O3.ClH/c1-12(13-9-18-10-13)17(20)19-14-4-2-5-15(8-14)22-11-16-6-3-7-21-16;/h2,4-5,8,12-13,16,18H,3,6-7,9-11H2,1H3,(H,19,20);1H. The highest BCUT2D eigenvalue weighted by atomic mass is 35.5. The minimum Gasteiger partial charge on any atom is -0.491 e. The highest BCUT2D eigenvalue weighted by Gasteiger charge is 2.28. The van der Waals surface area contributed by atoms with Gasteiger partial charge in [-0.05, 0) is 44.0 Å². The van der Waals surface area contributed by atoms with E-state index in [4.69, 9.17) is 9.47 Å². The summed E-state index contributed by atoms with van der Waals surface area (Å²) in [6.07, 6.45) is 2.37. The first-order chi connectivity index (χ1) is 10.7. The van der Waals surface area contributed by atoms with E-state index in [-0.39, 0.29) is 30.3 Å². The maximum absolute atomic E-state index is 12.2. The molecular formula is C17H25ClN2O3. The van der Waals surface area contributed by atoms with Crippen molar-refractivity contribution in [3.8, 4) is 5.75 Å². The van der Waals surface area contributed by atoms with Gasteiger partial charge in [-0.25, -0.2) is 0 Å². The number of amides is 1. The van der Waals surface area contributed by atoms with Crippen LogP contribution in [-0.2, 0) is 9.53 Å². The minimum atomic E-state index is 0. The summed E-state index contributed by atoms with van der Waals surface area (Å²) in [7, 11) is 0. The van der Waals surface area contributed by atoms with Crippen molar-refractivity contribution in [1.82, 2.24) is 5.32 Å². The quantitative estimate of drug-likeness (QED) is 0.835. The van der Waals surface area contributed by atoms with Gasteiger partial charge in [-0.15, -0.1) is 12.4 Å². The molecule has 2 fully saturated rings. The van der Waals surface area contributed by atoms with Crippen LogP contribution < -0.4 is 15.4 Å². The topological polar surface area (TPSA) is 59.6 Å². The molecule has 1 aromatic rings. The molecule has 2 unspecified atom stereocenters. The zero-order valence-corrected chi connectivity index (χ0v) is 14.2. The van der Waals surface area contributed by atoms with E-state index >= 15 is 0 Å². The number of nitrogens with one attached hydrogen (secondary N) is 2. The van der Waals surface area contributed by atoms with Crippen molar-refractivity contribution < 1.29 is 14.3 Å². The van der Waals surface area contributed by atoms with Gasteiger partial charge in [0.2, 0.25) is 5.91 Å². The van der Waals surface area contributed by atoms with Crippen molar-refractivity contribution in [2.45, 2.75) is 25.9 Å². The molecule has 2 atom stereocenters. The lowest BCUT2D eigenvalue weighted by Gasteiger charge is -2.31. The van der Waals surface area contributed by atoms with Crippen LogP contribution in [0, 0.1) is 11.8 Å². The molecule has 0 spiro atoms. The first kappa shape index (κ1) is 18.0. The molecule has 6 heteroatoms. The number of benzene rings is 1. The predicted octanol–water partition coefficient (Wildman–Crippen LogP) is 2.46. The number of carbonyl (C=O) groups is 1. The molecule has 2 N–H and O–H groups in total. The number of hydrogen-bond acceptors (Lipinski definition) is 4. The molecule has 128 valence electrons. The average Bonchev–Trinajstić information content (AvgIpc) is 2.97. The largest absolute Gasteiger partial charge is 0.491 e. The van der Waals surface area contributed by atoms with Gasteiger partial charge in [0.25, 0.3) is 0 Å². The first-order valence-corrected chi connectivity index (χ1v) is 8.08. The smallest absolute Gasteiger partial charge is 0.227 e. The summed E-state index contributed by atoms with van der Waals surface area (Å²) in [5.41, 5.74) is 0.786. The molecular weight excluding hydrogens is 316 g/mol. The fourth-order valence-electron chi connectivity index (χ4n) is 2.76. The number of rotatable bonds is 6. The molecule has 1 aromatic carbocycles. The van der Waals surface area contributed by atoms with Gasteiger partial charge in [0, 0.05) is 24.3 Å². The van der Waals surface area contributed by atoms with Crippen molar-refractivity contribution in [3.05, 3.63) is 24.3 Å². The zero-order chi connectivity index (χ0) is 15.4. The van der Waals surface area contributed by atoms with Crippen LogP contribution in [0.25, 0.3) is 0 Å². The van der Waals surface area contributed by atoms with Crippen LogP contribution in [-0.4, -0.2) is 38.3 Å². The lowest BCUT2D eigenvalue weighted by molar-refractivity contribution is -0.121. The van der Waals surface area contributed by atoms with E-state index in [0.29, 0.717) is 12.5 Å². The molecule has 3 rings (SSSR count). The number of carbonyl (C=O) groups excluding carboxylic acids is 1. The van der Waals surface area contributed by atoms with E-state index in [9.17, 15) is 4.79 Å². The van der Waals surface area contributed by atoms with E-state index in [2.05, 4.69) is 10.6 Å². The Morgan fingerprint density at radius 3 is 2.96 bits per heavy atom. The van der Waals surface area contributed by atoms with Crippen molar-refractivity contribution in [3.63, 3.8) is 0 Å². The molecule has 5 nitrogen and oxygen atoms in total. The molecule has 2 aliphatic heterocycles. The Hall–Kier alpha value is -1.30. The molecule has 1 amide bonds. The summed E-state index contributed by atoms with van der Waals surface area (Å²) in [5, 5.41) is 6.18. The number of anilines is 1. The summed E-state index contributed by atoms with van der Waals surface area (Å²) < 4.78 is 11.3. The SMILES string of the molecule is CC(C(=O)Nc1cccc(OCC2CCCO2)c1)C1CNC1.Cl. The average molecular weight is 341 g/mol. The third kappa shape index (κ3) is 4.83. The highest BCUT2D eigenvalue weighted by Crippen LogP contribution is 2.22. The van der Waals surface area contributed by atoms with Crippen molar-refractivity contribution in [2.24, 2.45) is 11.8 Å². The Morgan fingerprint density at radius 2 is 2.30 bits per heavy atom. The van der Waals surface area contributed by atoms with Gasteiger partial charge in [0.05, 0.1) is 6.10 Å². The van der Waals surface area contributed by atoms with E-state index < -0.39 is 0 Å². The second-order valence-corrected chi connectivity index (χ2v) is 6.17. The Kier molecular flexibility index (Phi) is 6.69. The molecule has 2 saturated heterocycles. The normalized spacial score (nSPS) is 21.9. The molecule has 0 aromatic heterocycles. The summed E-state index contributed by atoms with van der Waals surface area (Å²) in [6, 6.07) is 7.57. The van der Waals surface area contributed by atoms with E-state index in [1.54, 1.807) is 0 Å². The second-order valence-electron chi connectivity index (χ2n) is 6.17. The Morgan fingerprint density at radius 1 is 1.48 bits per heavy atom. The molecule has 0 saturated carbocycles. The van der Waals surface area contributed by atoms with E-state index in [1.165, 1.54) is 0 Å². The number of halogens is 1. The van der Waals surface area contributed by atoms with Crippen LogP contribution in [0.15, 0.2) is 24.3 Å². The fourth-order valence-corrected chi connectivity index (χ4v) is 2.76. The third-order valence-electron chi connectivity index (χ3n) is 4.50. The summed E-state index contributed by atoms with van der Waals surface area (Å²) in [6.45, 7) is 5.25. The van der Waals surface area contributed by atoms with Crippen LogP contribution in [0.2, 0.25) is 0 Å². The monoisotopic (exact) mass is 340 g/mol. The summed E-state index contributed by atoms with van der Waals surface area (Å²) in [5.74, 6) is 1.31. The Labute approximate surface area is 143 Å². The van der Waals surface area contributed by atoms with Crippen LogP contribution in [0.1, 0.15) is 19.8 Å². The third-order valence-corrected chi connectivity index (χ3v) is 4.50. The molecule has 0 bridgehead atoms. The van der Waals surface area contributed by atoms with Gasteiger partial charge in [-0.2, -0.15) is 0 Å². The number of ether oxygens (including phenoxy) is 2. The van der Waals surface area contributed by atoms with E-state index in [0.717, 1.165) is 44.0 Å². The van der Waals surface area contributed by atoms with E-state index in [1.807, 2.05) is 31.2 Å². The Bertz CT molecular complexity index is 516. The van der Waals surface area contributed by atoms with Gasteiger partial charge >= 0.3 is 0 Å². The van der Waals surface area contributed by atoms with Gasteiger partial charge in [-0.1, -0.05) is 13.0 Å². The lowest BCUT2D eigenvalue weighted by Crippen LogP contribution is -2.48. The van der Waals surface area contributed by atoms with Gasteiger partial charge < -0.3 is 20.1 Å². The fraction of sp³-hybridized carbons (Fsp3) is 0.588. The van der Waals surface area contributed by atoms with Crippen molar-refractivity contribution >= 4 is 24.0 Å². The molecule has 23 heavy (non-hydrogen) atoms. The Balaban J connectivity index is 0.00000192. The van der Waals surface area contributed by atoms with Crippen LogP contribution in [0.4, 0.5) is 5.69 Å². The first-order valence-electron chi connectivity index (χ1n) is 8.08. The summed E-state index contributed by atoms with van der Waals surface area (Å²) in [4.78, 5) is 12.2. The maximum Gasteiger partial charge on any atom is 0.227 e. The summed E-state index contributed by atoms with van der Waals surface area (Å²) >= 11 is 0. The van der Waals surface area contributed by atoms with Gasteiger partial charge in [0.15, 0.2) is 0 Å². The molecule has 0 radical (unpaired) electrons. The van der Waals surface area contributed by atoms with Gasteiger partial charge in [-0.3, -0.25) is 4.79 Å². The second kappa shape index (κ2) is 8.52. The van der Waals surface area contributed by atoms with Crippen LogP contribution in [0.5, 0.6) is 5.75 Å². The maximum atomic E-state index is 12.2. The van der Waals surface area contributed by atoms with Gasteiger partial charge in [0.1, 0.15) is 12.4 Å². The molecule has 2 aliphatic rings. The van der Waals surface area contributed by atoms with Crippen LogP contribution >= 0.6 is 12.4 Å². The number of hydrogen-bond donors (Lipinski definition) is 2.